The molecule has 0 spiro atoms. The van der Waals surface area contributed by atoms with Gasteiger partial charge in [-0.25, -0.2) is 0 Å². The molecule has 1 aromatic carbocycles. The van der Waals surface area contributed by atoms with Crippen LogP contribution in [0.1, 0.15) is 25.8 Å². The van der Waals surface area contributed by atoms with Crippen LogP contribution in [0.15, 0.2) is 24.3 Å². The van der Waals surface area contributed by atoms with E-state index in [9.17, 15) is 4.79 Å². The van der Waals surface area contributed by atoms with Gasteiger partial charge >= 0.3 is 0 Å². The zero-order valence-electron chi connectivity index (χ0n) is 11.5. The minimum Gasteiger partial charge on any atom is -0.493 e. The van der Waals surface area contributed by atoms with Crippen molar-refractivity contribution in [2.24, 2.45) is 11.7 Å². The average Bonchev–Trinajstić information content (AvgIpc) is 2.36. The zero-order chi connectivity index (χ0) is 13.4. The van der Waals surface area contributed by atoms with Crippen molar-refractivity contribution in [3.8, 4) is 5.75 Å². The molecule has 0 bridgehead atoms. The van der Waals surface area contributed by atoms with Gasteiger partial charge in [-0.2, -0.15) is 0 Å². The molecule has 1 rings (SSSR count). The molecule has 0 saturated carbocycles. The maximum atomic E-state index is 11.1. The third-order valence-corrected chi connectivity index (χ3v) is 2.59. The van der Waals surface area contributed by atoms with Gasteiger partial charge in [-0.15, -0.1) is 12.4 Å². The number of benzene rings is 1. The van der Waals surface area contributed by atoms with E-state index in [2.05, 4.69) is 19.2 Å². The van der Waals surface area contributed by atoms with Gasteiger partial charge in [0.1, 0.15) is 5.75 Å². The van der Waals surface area contributed by atoms with Crippen molar-refractivity contribution in [1.82, 2.24) is 5.32 Å². The number of nitrogens with one attached hydrogen (secondary N) is 1. The molecule has 0 aliphatic carbocycles. The molecule has 1 aromatic rings. The standard InChI is InChI=1S/C14H22N2O2.ClH/c1-11(2)7-8-18-13-6-4-3-5-12(13)10-16-14(17)9-15;/h3-6,11H,7-10,15H2,1-2H3,(H,16,17);1H. The SMILES string of the molecule is CC(C)CCOc1ccccc1CNC(=O)CN.Cl. The Bertz CT molecular complexity index is 383. The Balaban J connectivity index is 0.00000324. The molecule has 0 fully saturated rings. The maximum Gasteiger partial charge on any atom is 0.234 e. The number of rotatable bonds is 7. The van der Waals surface area contributed by atoms with Crippen LogP contribution in [-0.4, -0.2) is 19.1 Å². The number of hydrogen-bond acceptors (Lipinski definition) is 3. The topological polar surface area (TPSA) is 64.3 Å². The van der Waals surface area contributed by atoms with Crippen LogP contribution >= 0.6 is 12.4 Å². The van der Waals surface area contributed by atoms with Gasteiger partial charge in [0.2, 0.25) is 5.91 Å². The first kappa shape index (κ1) is 17.7. The Morgan fingerprint density at radius 2 is 2.05 bits per heavy atom. The quantitative estimate of drug-likeness (QED) is 0.807. The van der Waals surface area contributed by atoms with E-state index < -0.39 is 0 Å². The number of amides is 1. The molecule has 0 aromatic heterocycles. The molecule has 3 N–H and O–H groups in total. The summed E-state index contributed by atoms with van der Waals surface area (Å²) in [4.78, 5) is 11.1. The zero-order valence-corrected chi connectivity index (χ0v) is 12.3. The second-order valence-corrected chi connectivity index (χ2v) is 4.62. The minimum atomic E-state index is -0.160. The second kappa shape index (κ2) is 9.64. The third-order valence-electron chi connectivity index (χ3n) is 2.59. The van der Waals surface area contributed by atoms with Crippen LogP contribution in [0.2, 0.25) is 0 Å². The molecular weight excluding hydrogens is 264 g/mol. The molecule has 0 saturated heterocycles. The summed E-state index contributed by atoms with van der Waals surface area (Å²) in [7, 11) is 0. The second-order valence-electron chi connectivity index (χ2n) is 4.62. The van der Waals surface area contributed by atoms with E-state index in [1.54, 1.807) is 0 Å². The summed E-state index contributed by atoms with van der Waals surface area (Å²) in [6.45, 7) is 5.48. The number of hydrogen-bond donors (Lipinski definition) is 2. The van der Waals surface area contributed by atoms with Crippen LogP contribution in [0.25, 0.3) is 0 Å². The Kier molecular flexibility index (Phi) is 9.00. The highest BCUT2D eigenvalue weighted by Crippen LogP contribution is 2.18. The van der Waals surface area contributed by atoms with Crippen LogP contribution in [0.3, 0.4) is 0 Å². The summed E-state index contributed by atoms with van der Waals surface area (Å²) in [5.74, 6) is 1.29. The van der Waals surface area contributed by atoms with Crippen LogP contribution < -0.4 is 15.8 Å². The molecule has 0 aliphatic heterocycles. The van der Waals surface area contributed by atoms with Crippen LogP contribution in [0.4, 0.5) is 0 Å². The lowest BCUT2D eigenvalue weighted by atomic mass is 10.1. The van der Waals surface area contributed by atoms with E-state index >= 15 is 0 Å². The molecule has 0 heterocycles. The molecule has 0 aliphatic rings. The van der Waals surface area contributed by atoms with Gasteiger partial charge < -0.3 is 15.8 Å². The summed E-state index contributed by atoms with van der Waals surface area (Å²) in [5, 5.41) is 2.74. The Labute approximate surface area is 121 Å². The minimum absolute atomic E-state index is 0. The van der Waals surface area contributed by atoms with Crippen molar-refractivity contribution in [2.45, 2.75) is 26.8 Å². The van der Waals surface area contributed by atoms with Crippen molar-refractivity contribution in [1.29, 1.82) is 0 Å². The molecule has 19 heavy (non-hydrogen) atoms. The number of ether oxygens (including phenoxy) is 1. The predicted molar refractivity (Wildman–Crippen MR) is 79.5 cm³/mol. The number of para-hydroxylation sites is 1. The highest BCUT2D eigenvalue weighted by molar-refractivity contribution is 5.85. The van der Waals surface area contributed by atoms with E-state index in [4.69, 9.17) is 10.5 Å². The van der Waals surface area contributed by atoms with Gasteiger partial charge in [0.25, 0.3) is 0 Å². The number of carbonyl (C=O) groups is 1. The summed E-state index contributed by atoms with van der Waals surface area (Å²) >= 11 is 0. The van der Waals surface area contributed by atoms with E-state index in [-0.39, 0.29) is 24.9 Å². The first-order valence-electron chi connectivity index (χ1n) is 6.31. The highest BCUT2D eigenvalue weighted by Gasteiger charge is 2.05. The van der Waals surface area contributed by atoms with Crippen molar-refractivity contribution >= 4 is 18.3 Å². The van der Waals surface area contributed by atoms with Crippen molar-refractivity contribution < 1.29 is 9.53 Å². The number of nitrogens with two attached hydrogens (primary N) is 1. The Morgan fingerprint density at radius 3 is 2.68 bits per heavy atom. The smallest absolute Gasteiger partial charge is 0.234 e. The normalized spacial score (nSPS) is 9.89. The Morgan fingerprint density at radius 1 is 1.37 bits per heavy atom. The first-order valence-corrected chi connectivity index (χ1v) is 6.31. The molecule has 108 valence electrons. The molecule has 0 radical (unpaired) electrons. The molecular formula is C14H23ClN2O2. The fourth-order valence-corrected chi connectivity index (χ4v) is 1.46. The Hall–Kier alpha value is -1.26. The van der Waals surface area contributed by atoms with Crippen molar-refractivity contribution in [2.75, 3.05) is 13.2 Å². The van der Waals surface area contributed by atoms with E-state index in [0.717, 1.165) is 17.7 Å². The lowest BCUT2D eigenvalue weighted by molar-refractivity contribution is -0.119. The first-order chi connectivity index (χ1) is 8.63. The summed E-state index contributed by atoms with van der Waals surface area (Å²) in [5.41, 5.74) is 6.22. The summed E-state index contributed by atoms with van der Waals surface area (Å²) < 4.78 is 5.73. The van der Waals surface area contributed by atoms with Crippen LogP contribution in [0, 0.1) is 5.92 Å². The fraction of sp³-hybridized carbons (Fsp3) is 0.500. The van der Waals surface area contributed by atoms with Crippen molar-refractivity contribution in [3.63, 3.8) is 0 Å². The molecule has 1 amide bonds. The third kappa shape index (κ3) is 7.03. The largest absolute Gasteiger partial charge is 0.493 e. The summed E-state index contributed by atoms with van der Waals surface area (Å²) in [6.07, 6.45) is 1.02. The highest BCUT2D eigenvalue weighted by atomic mass is 35.5. The van der Waals surface area contributed by atoms with E-state index in [1.807, 2.05) is 24.3 Å². The van der Waals surface area contributed by atoms with Gasteiger partial charge in [-0.1, -0.05) is 32.0 Å². The van der Waals surface area contributed by atoms with Gasteiger partial charge in [0.15, 0.2) is 0 Å². The average molecular weight is 287 g/mol. The van der Waals surface area contributed by atoms with E-state index in [1.165, 1.54) is 0 Å². The predicted octanol–water partition coefficient (Wildman–Crippen LogP) is 2.11. The van der Waals surface area contributed by atoms with E-state index in [0.29, 0.717) is 19.1 Å². The summed E-state index contributed by atoms with van der Waals surface area (Å²) in [6, 6.07) is 7.73. The van der Waals surface area contributed by atoms with Gasteiger partial charge in [-0.05, 0) is 18.4 Å². The molecule has 4 nitrogen and oxygen atoms in total. The monoisotopic (exact) mass is 286 g/mol. The lowest BCUT2D eigenvalue weighted by Crippen LogP contribution is -2.29. The van der Waals surface area contributed by atoms with Gasteiger partial charge in [0, 0.05) is 12.1 Å². The lowest BCUT2D eigenvalue weighted by Gasteiger charge is -2.12. The number of carbonyl (C=O) groups excluding carboxylic acids is 1. The van der Waals surface area contributed by atoms with Crippen LogP contribution in [0.5, 0.6) is 5.75 Å². The van der Waals surface area contributed by atoms with Gasteiger partial charge in [0.05, 0.1) is 13.2 Å². The number of halogens is 1. The molecule has 0 atom stereocenters. The molecule has 0 unspecified atom stereocenters. The molecule has 5 heteroatoms. The fourth-order valence-electron chi connectivity index (χ4n) is 1.46. The van der Waals surface area contributed by atoms with Crippen molar-refractivity contribution in [3.05, 3.63) is 29.8 Å². The van der Waals surface area contributed by atoms with Crippen LogP contribution in [-0.2, 0) is 11.3 Å². The maximum absolute atomic E-state index is 11.1. The van der Waals surface area contributed by atoms with Gasteiger partial charge in [-0.3, -0.25) is 4.79 Å².